The summed E-state index contributed by atoms with van der Waals surface area (Å²) in [5.74, 6) is 0. The van der Waals surface area contributed by atoms with Gasteiger partial charge in [-0.15, -0.1) is 0 Å². The molecular formula is C29H27NO5. The van der Waals surface area contributed by atoms with Gasteiger partial charge in [-0.3, -0.25) is 9.36 Å². The predicted molar refractivity (Wildman–Crippen MR) is 132 cm³/mol. The average Bonchev–Trinajstić information content (AvgIpc) is 3.41. The van der Waals surface area contributed by atoms with Crippen molar-refractivity contribution in [1.29, 1.82) is 0 Å². The van der Waals surface area contributed by atoms with E-state index < -0.39 is 17.9 Å². The maximum absolute atomic E-state index is 13.3. The summed E-state index contributed by atoms with van der Waals surface area (Å²) in [6.07, 6.45) is 0.397. The molecule has 4 aromatic rings. The van der Waals surface area contributed by atoms with Gasteiger partial charge in [0.05, 0.1) is 26.4 Å². The summed E-state index contributed by atoms with van der Waals surface area (Å²) in [7, 11) is 0. The van der Waals surface area contributed by atoms with E-state index in [9.17, 15) is 4.79 Å². The third-order valence-electron chi connectivity index (χ3n) is 6.82. The van der Waals surface area contributed by atoms with Crippen molar-refractivity contribution in [2.45, 2.75) is 37.3 Å². The van der Waals surface area contributed by atoms with Crippen LogP contribution in [0.3, 0.4) is 0 Å². The van der Waals surface area contributed by atoms with E-state index in [-0.39, 0.29) is 11.7 Å². The molecule has 6 heteroatoms. The monoisotopic (exact) mass is 469 g/mol. The van der Waals surface area contributed by atoms with Gasteiger partial charge in [0.25, 0.3) is 5.56 Å². The number of nitrogens with zero attached hydrogens (tertiary/aromatic N) is 1. The molecule has 2 saturated heterocycles. The molecule has 2 aliphatic rings. The molecule has 0 radical (unpaired) electrons. The minimum absolute atomic E-state index is 0.105. The van der Waals surface area contributed by atoms with E-state index in [2.05, 4.69) is 0 Å². The molecule has 1 aromatic heterocycles. The first-order valence-corrected chi connectivity index (χ1v) is 11.9. The predicted octanol–water partition coefficient (Wildman–Crippen LogP) is 4.47. The molecule has 2 aliphatic heterocycles. The standard InChI is InChI=1S/C29H27NO5/c31-27-24-14-8-7-13-23(24)15-16-30(27)28-25-26(33-18-22-11-5-2-6-12-22)29(35-28,20-34-25)19-32-17-21-9-3-1-4-10-21/h1-16,25-26,28H,17-20H2/t25-,26+,28-,29+/m1/s1. The maximum Gasteiger partial charge on any atom is 0.260 e. The summed E-state index contributed by atoms with van der Waals surface area (Å²) in [6.45, 7) is 1.54. The van der Waals surface area contributed by atoms with Crippen LogP contribution in [-0.2, 0) is 32.2 Å². The summed E-state index contributed by atoms with van der Waals surface area (Å²) in [6, 6.07) is 29.6. The lowest BCUT2D eigenvalue weighted by atomic mass is 10.00. The highest BCUT2D eigenvalue weighted by atomic mass is 16.7. The van der Waals surface area contributed by atoms with Gasteiger partial charge in [0, 0.05) is 11.6 Å². The van der Waals surface area contributed by atoms with Crippen molar-refractivity contribution in [3.05, 3.63) is 119 Å². The highest BCUT2D eigenvalue weighted by Gasteiger charge is 2.63. The number of benzene rings is 3. The van der Waals surface area contributed by atoms with Crippen LogP contribution < -0.4 is 5.56 Å². The van der Waals surface area contributed by atoms with Gasteiger partial charge >= 0.3 is 0 Å². The Morgan fingerprint density at radius 3 is 2.31 bits per heavy atom. The number of ether oxygens (including phenoxy) is 4. The van der Waals surface area contributed by atoms with E-state index in [1.807, 2.05) is 91.0 Å². The van der Waals surface area contributed by atoms with E-state index >= 15 is 0 Å². The second-order valence-electron chi connectivity index (χ2n) is 9.16. The summed E-state index contributed by atoms with van der Waals surface area (Å²) in [5.41, 5.74) is 1.25. The van der Waals surface area contributed by atoms with Crippen molar-refractivity contribution in [2.24, 2.45) is 0 Å². The highest BCUT2D eigenvalue weighted by Crippen LogP contribution is 2.47. The molecule has 0 spiro atoms. The number of aromatic nitrogens is 1. The van der Waals surface area contributed by atoms with Crippen molar-refractivity contribution in [3.8, 4) is 0 Å². The minimum Gasteiger partial charge on any atom is -0.374 e. The fraction of sp³-hybridized carbons (Fsp3) is 0.276. The topological polar surface area (TPSA) is 58.9 Å². The third kappa shape index (κ3) is 4.19. The number of pyridine rings is 1. The lowest BCUT2D eigenvalue weighted by molar-refractivity contribution is -0.196. The lowest BCUT2D eigenvalue weighted by Crippen LogP contribution is -2.46. The average molecular weight is 470 g/mol. The number of rotatable bonds is 8. The van der Waals surface area contributed by atoms with Crippen LogP contribution >= 0.6 is 0 Å². The van der Waals surface area contributed by atoms with E-state index in [0.29, 0.717) is 31.8 Å². The number of hydrogen-bond donors (Lipinski definition) is 0. The Hall–Kier alpha value is -3.29. The molecule has 0 saturated carbocycles. The molecule has 6 rings (SSSR count). The molecule has 2 bridgehead atoms. The molecule has 0 aliphatic carbocycles. The van der Waals surface area contributed by atoms with Crippen molar-refractivity contribution in [2.75, 3.05) is 13.2 Å². The third-order valence-corrected chi connectivity index (χ3v) is 6.82. The number of fused-ring (bicyclic) bond motifs is 3. The molecule has 178 valence electrons. The first kappa shape index (κ1) is 22.2. The van der Waals surface area contributed by atoms with Gasteiger partial charge in [-0.2, -0.15) is 0 Å². The normalized spacial score (nSPS) is 25.3. The van der Waals surface area contributed by atoms with E-state index in [4.69, 9.17) is 18.9 Å². The van der Waals surface area contributed by atoms with Crippen LogP contribution in [-0.4, -0.2) is 35.6 Å². The molecule has 0 amide bonds. The van der Waals surface area contributed by atoms with Crippen LogP contribution in [0.1, 0.15) is 17.4 Å². The lowest BCUT2D eigenvalue weighted by Gasteiger charge is -2.31. The zero-order chi connectivity index (χ0) is 23.7. The minimum atomic E-state index is -0.802. The Bertz CT molecular complexity index is 1360. The Morgan fingerprint density at radius 1 is 0.857 bits per heavy atom. The Kier molecular flexibility index (Phi) is 5.96. The van der Waals surface area contributed by atoms with Gasteiger partial charge in [-0.05, 0) is 28.6 Å². The zero-order valence-corrected chi connectivity index (χ0v) is 19.3. The highest BCUT2D eigenvalue weighted by molar-refractivity contribution is 5.81. The SMILES string of the molecule is O=c1c2ccccc2ccn1[C@@H]1O[C@@]2(COCc3ccccc3)CO[C@@H]1[C@@H]2OCc1ccccc1. The van der Waals surface area contributed by atoms with Gasteiger partial charge in [0.15, 0.2) is 6.23 Å². The largest absolute Gasteiger partial charge is 0.374 e. The van der Waals surface area contributed by atoms with Crippen molar-refractivity contribution in [3.63, 3.8) is 0 Å². The Balaban J connectivity index is 1.28. The maximum atomic E-state index is 13.3. The van der Waals surface area contributed by atoms with Crippen molar-refractivity contribution < 1.29 is 18.9 Å². The Morgan fingerprint density at radius 2 is 1.54 bits per heavy atom. The fourth-order valence-electron chi connectivity index (χ4n) is 5.05. The molecular weight excluding hydrogens is 442 g/mol. The van der Waals surface area contributed by atoms with Gasteiger partial charge in [-0.1, -0.05) is 78.9 Å². The van der Waals surface area contributed by atoms with Crippen LogP contribution in [0.5, 0.6) is 0 Å². The molecule has 3 heterocycles. The first-order valence-electron chi connectivity index (χ1n) is 11.9. The molecule has 2 fully saturated rings. The van der Waals surface area contributed by atoms with E-state index in [0.717, 1.165) is 16.5 Å². The molecule has 0 unspecified atom stereocenters. The van der Waals surface area contributed by atoms with Crippen LogP contribution in [0.25, 0.3) is 10.8 Å². The van der Waals surface area contributed by atoms with Gasteiger partial charge in [-0.25, -0.2) is 0 Å². The summed E-state index contributed by atoms with van der Waals surface area (Å²) >= 11 is 0. The van der Waals surface area contributed by atoms with E-state index in [1.165, 1.54) is 0 Å². The van der Waals surface area contributed by atoms with Gasteiger partial charge in [0.2, 0.25) is 0 Å². The molecule has 6 nitrogen and oxygen atoms in total. The first-order chi connectivity index (χ1) is 17.2. The molecule has 3 aromatic carbocycles. The van der Waals surface area contributed by atoms with Crippen LogP contribution in [0, 0.1) is 0 Å². The molecule has 4 atom stereocenters. The van der Waals surface area contributed by atoms with Crippen LogP contribution in [0.15, 0.2) is 102 Å². The Labute approximate surface area is 203 Å². The van der Waals surface area contributed by atoms with Crippen molar-refractivity contribution in [1.82, 2.24) is 4.57 Å². The zero-order valence-electron chi connectivity index (χ0n) is 19.3. The fourth-order valence-corrected chi connectivity index (χ4v) is 5.05. The molecule has 0 N–H and O–H groups in total. The second-order valence-corrected chi connectivity index (χ2v) is 9.16. The summed E-state index contributed by atoms with van der Waals surface area (Å²) < 4.78 is 27.0. The van der Waals surface area contributed by atoms with Gasteiger partial charge in [0.1, 0.15) is 17.8 Å². The van der Waals surface area contributed by atoms with Crippen molar-refractivity contribution >= 4 is 10.8 Å². The quantitative estimate of drug-likeness (QED) is 0.381. The van der Waals surface area contributed by atoms with E-state index in [1.54, 1.807) is 10.8 Å². The number of hydrogen-bond acceptors (Lipinski definition) is 5. The van der Waals surface area contributed by atoms with Crippen LogP contribution in [0.2, 0.25) is 0 Å². The second kappa shape index (κ2) is 9.40. The summed E-state index contributed by atoms with van der Waals surface area (Å²) in [4.78, 5) is 13.3. The smallest absolute Gasteiger partial charge is 0.260 e. The van der Waals surface area contributed by atoms with Crippen LogP contribution in [0.4, 0.5) is 0 Å². The van der Waals surface area contributed by atoms with Gasteiger partial charge < -0.3 is 18.9 Å². The summed E-state index contributed by atoms with van der Waals surface area (Å²) in [5, 5.41) is 1.55. The molecule has 35 heavy (non-hydrogen) atoms.